The van der Waals surface area contributed by atoms with Gasteiger partial charge in [-0.15, -0.1) is 0 Å². The molecule has 0 atom stereocenters. The fourth-order valence-electron chi connectivity index (χ4n) is 3.51. The van der Waals surface area contributed by atoms with Crippen LogP contribution in [0.3, 0.4) is 0 Å². The molecular weight excluding hydrogens is 378 g/mol. The molecule has 0 N–H and O–H groups in total. The van der Waals surface area contributed by atoms with Crippen molar-refractivity contribution in [3.63, 3.8) is 0 Å². The second kappa shape index (κ2) is 7.89. The van der Waals surface area contributed by atoms with Crippen LogP contribution in [0, 0.1) is 0 Å². The lowest BCUT2D eigenvalue weighted by atomic mass is 10.0. The first-order chi connectivity index (χ1) is 14.3. The number of fused-ring (bicyclic) bond motifs is 1. The summed E-state index contributed by atoms with van der Waals surface area (Å²) in [6, 6.07) is 11.9. The number of nitrogens with zero attached hydrogens (tertiary/aromatic N) is 5. The lowest BCUT2D eigenvalue weighted by molar-refractivity contribution is 0.0221. The first-order valence-electron chi connectivity index (χ1n) is 10.3. The van der Waals surface area contributed by atoms with E-state index in [-0.39, 0.29) is 6.09 Å². The van der Waals surface area contributed by atoms with Crippen molar-refractivity contribution in [2.24, 2.45) is 0 Å². The molecule has 3 heterocycles. The Kier molecular flexibility index (Phi) is 5.28. The van der Waals surface area contributed by atoms with E-state index in [2.05, 4.69) is 12.0 Å². The maximum atomic E-state index is 12.6. The van der Waals surface area contributed by atoms with Gasteiger partial charge in [0.2, 0.25) is 0 Å². The van der Waals surface area contributed by atoms with Crippen molar-refractivity contribution in [1.29, 1.82) is 0 Å². The summed E-state index contributed by atoms with van der Waals surface area (Å²) < 4.78 is 7.46. The van der Waals surface area contributed by atoms with Crippen molar-refractivity contribution in [1.82, 2.24) is 24.6 Å². The van der Waals surface area contributed by atoms with Crippen LogP contribution in [-0.4, -0.2) is 42.9 Å². The standard InChI is InChI=1S/C23H27N5O2/c1-5-28-14-12-18(26-28)20-17-11-13-27(22(29)30-23(2,3)4)15-19(17)24-21(25-20)16-9-7-6-8-10-16/h6-10,12,14H,5,11,13,15H2,1-4H3. The number of rotatable bonds is 3. The van der Waals surface area contributed by atoms with E-state index in [1.165, 1.54) is 0 Å². The highest BCUT2D eigenvalue weighted by Gasteiger charge is 2.29. The molecule has 1 aliphatic heterocycles. The summed E-state index contributed by atoms with van der Waals surface area (Å²) in [6.07, 6.45) is 2.31. The molecule has 0 aliphatic carbocycles. The Hall–Kier alpha value is -3.22. The zero-order valence-electron chi connectivity index (χ0n) is 17.9. The molecule has 7 nitrogen and oxygen atoms in total. The topological polar surface area (TPSA) is 73.1 Å². The molecule has 156 valence electrons. The Balaban J connectivity index is 1.75. The third-order valence-corrected chi connectivity index (χ3v) is 4.96. The molecule has 0 radical (unpaired) electrons. The minimum atomic E-state index is -0.531. The predicted octanol–water partition coefficient (Wildman–Crippen LogP) is 4.32. The van der Waals surface area contributed by atoms with Gasteiger partial charge in [0.15, 0.2) is 5.82 Å². The smallest absolute Gasteiger partial charge is 0.410 e. The highest BCUT2D eigenvalue weighted by molar-refractivity contribution is 5.70. The summed E-state index contributed by atoms with van der Waals surface area (Å²) >= 11 is 0. The van der Waals surface area contributed by atoms with Gasteiger partial charge in [-0.25, -0.2) is 14.8 Å². The Bertz CT molecular complexity index is 1050. The molecule has 7 heteroatoms. The number of ether oxygens (including phenoxy) is 1. The van der Waals surface area contributed by atoms with Gasteiger partial charge in [-0.2, -0.15) is 5.10 Å². The van der Waals surface area contributed by atoms with Crippen LogP contribution in [0.4, 0.5) is 4.79 Å². The van der Waals surface area contributed by atoms with Gasteiger partial charge in [0, 0.05) is 30.4 Å². The van der Waals surface area contributed by atoms with Crippen LogP contribution in [0.15, 0.2) is 42.6 Å². The molecule has 3 aromatic rings. The zero-order chi connectivity index (χ0) is 21.3. The molecule has 0 fully saturated rings. The Morgan fingerprint density at radius 3 is 2.57 bits per heavy atom. The Morgan fingerprint density at radius 2 is 1.90 bits per heavy atom. The van der Waals surface area contributed by atoms with Gasteiger partial charge in [-0.05, 0) is 40.2 Å². The van der Waals surface area contributed by atoms with E-state index in [0.717, 1.165) is 34.8 Å². The normalized spacial score (nSPS) is 13.8. The van der Waals surface area contributed by atoms with Gasteiger partial charge in [0.05, 0.1) is 17.9 Å². The van der Waals surface area contributed by atoms with Crippen LogP contribution in [0.5, 0.6) is 0 Å². The Labute approximate surface area is 176 Å². The Morgan fingerprint density at radius 1 is 1.13 bits per heavy atom. The monoisotopic (exact) mass is 405 g/mol. The first-order valence-corrected chi connectivity index (χ1v) is 10.3. The fraction of sp³-hybridized carbons (Fsp3) is 0.391. The van der Waals surface area contributed by atoms with E-state index in [9.17, 15) is 4.79 Å². The number of carbonyl (C=O) groups excluding carboxylic acids is 1. The van der Waals surface area contributed by atoms with Crippen LogP contribution < -0.4 is 0 Å². The summed E-state index contributed by atoms with van der Waals surface area (Å²) in [5.41, 5.74) is 3.98. The molecule has 1 aliphatic rings. The maximum Gasteiger partial charge on any atom is 0.410 e. The number of aryl methyl sites for hydroxylation is 1. The number of benzene rings is 1. The highest BCUT2D eigenvalue weighted by Crippen LogP contribution is 2.30. The average Bonchev–Trinajstić information content (AvgIpc) is 3.21. The molecule has 1 aromatic carbocycles. The molecule has 0 bridgehead atoms. The fourth-order valence-corrected chi connectivity index (χ4v) is 3.51. The third kappa shape index (κ3) is 4.20. The molecule has 0 spiro atoms. The highest BCUT2D eigenvalue weighted by atomic mass is 16.6. The SMILES string of the molecule is CCn1ccc(-c2nc(-c3ccccc3)nc3c2CCN(C(=O)OC(C)(C)C)C3)n1. The molecule has 0 saturated heterocycles. The summed E-state index contributed by atoms with van der Waals surface area (Å²) in [5, 5.41) is 4.67. The van der Waals surface area contributed by atoms with Crippen LogP contribution in [0.1, 0.15) is 39.0 Å². The molecule has 4 rings (SSSR count). The second-order valence-electron chi connectivity index (χ2n) is 8.40. The minimum Gasteiger partial charge on any atom is -0.444 e. The average molecular weight is 406 g/mol. The summed E-state index contributed by atoms with van der Waals surface area (Å²) in [4.78, 5) is 24.0. The minimum absolute atomic E-state index is 0.315. The molecular formula is C23H27N5O2. The molecule has 2 aromatic heterocycles. The lowest BCUT2D eigenvalue weighted by Crippen LogP contribution is -2.40. The van der Waals surface area contributed by atoms with Crippen LogP contribution >= 0.6 is 0 Å². The van der Waals surface area contributed by atoms with Crippen LogP contribution in [-0.2, 0) is 24.2 Å². The zero-order valence-corrected chi connectivity index (χ0v) is 17.9. The second-order valence-corrected chi connectivity index (χ2v) is 8.40. The van der Waals surface area contributed by atoms with Gasteiger partial charge in [-0.3, -0.25) is 4.68 Å². The predicted molar refractivity (Wildman–Crippen MR) is 115 cm³/mol. The molecule has 1 amide bonds. The quantitative estimate of drug-likeness (QED) is 0.649. The van der Waals surface area contributed by atoms with Crippen molar-refractivity contribution in [2.75, 3.05) is 6.54 Å². The number of aromatic nitrogens is 4. The summed E-state index contributed by atoms with van der Waals surface area (Å²) in [6.45, 7) is 9.44. The lowest BCUT2D eigenvalue weighted by Gasteiger charge is -2.31. The number of carbonyl (C=O) groups is 1. The van der Waals surface area contributed by atoms with Gasteiger partial charge >= 0.3 is 6.09 Å². The number of hydrogen-bond donors (Lipinski definition) is 0. The van der Waals surface area contributed by atoms with Crippen molar-refractivity contribution in [3.8, 4) is 22.8 Å². The van der Waals surface area contributed by atoms with E-state index in [1.54, 1.807) is 4.90 Å². The van der Waals surface area contributed by atoms with E-state index in [1.807, 2.05) is 68.0 Å². The summed E-state index contributed by atoms with van der Waals surface area (Å²) in [5.74, 6) is 0.640. The van der Waals surface area contributed by atoms with Gasteiger partial charge in [-0.1, -0.05) is 30.3 Å². The van der Waals surface area contributed by atoms with Gasteiger partial charge < -0.3 is 9.64 Å². The molecule has 0 saturated carbocycles. The summed E-state index contributed by atoms with van der Waals surface area (Å²) in [7, 11) is 0. The van der Waals surface area contributed by atoms with Crippen molar-refractivity contribution >= 4 is 6.09 Å². The van der Waals surface area contributed by atoms with E-state index in [4.69, 9.17) is 14.7 Å². The van der Waals surface area contributed by atoms with Crippen molar-refractivity contribution < 1.29 is 9.53 Å². The van der Waals surface area contributed by atoms with Crippen molar-refractivity contribution in [2.45, 2.75) is 52.8 Å². The van der Waals surface area contributed by atoms with Crippen molar-refractivity contribution in [3.05, 3.63) is 53.9 Å². The molecule has 0 unspecified atom stereocenters. The maximum absolute atomic E-state index is 12.6. The third-order valence-electron chi connectivity index (χ3n) is 4.96. The van der Waals surface area contributed by atoms with E-state index >= 15 is 0 Å². The molecule has 30 heavy (non-hydrogen) atoms. The largest absolute Gasteiger partial charge is 0.444 e. The number of hydrogen-bond acceptors (Lipinski definition) is 5. The van der Waals surface area contributed by atoms with Gasteiger partial charge in [0.1, 0.15) is 11.3 Å². The van der Waals surface area contributed by atoms with Gasteiger partial charge in [0.25, 0.3) is 0 Å². The van der Waals surface area contributed by atoms with E-state index in [0.29, 0.717) is 25.3 Å². The first kappa shape index (κ1) is 20.1. The van der Waals surface area contributed by atoms with Crippen LogP contribution in [0.2, 0.25) is 0 Å². The van der Waals surface area contributed by atoms with E-state index < -0.39 is 5.60 Å². The number of amides is 1. The van der Waals surface area contributed by atoms with Crippen LogP contribution in [0.25, 0.3) is 22.8 Å².